The minimum absolute atomic E-state index is 0.0489. The van der Waals surface area contributed by atoms with E-state index in [9.17, 15) is 14.9 Å². The first-order valence-corrected chi connectivity index (χ1v) is 10.1. The number of methoxy groups -OCH3 is 2. The number of hydrogen-bond acceptors (Lipinski definition) is 8. The molecule has 0 unspecified atom stereocenters. The number of ether oxygens (including phenoxy) is 2. The molecule has 34 heavy (non-hydrogen) atoms. The second kappa shape index (κ2) is 12.2. The van der Waals surface area contributed by atoms with E-state index in [1.54, 1.807) is 44.6 Å². The predicted octanol–water partition coefficient (Wildman–Crippen LogP) is 1.73. The Balaban J connectivity index is 0.000000604. The predicted molar refractivity (Wildman–Crippen MR) is 119 cm³/mol. The zero-order chi connectivity index (χ0) is 25.3. The van der Waals surface area contributed by atoms with Crippen molar-refractivity contribution in [2.24, 2.45) is 0 Å². The van der Waals surface area contributed by atoms with Crippen LogP contribution in [-0.2, 0) is 16.1 Å². The Kier molecular flexibility index (Phi) is 9.32. The first-order valence-electron chi connectivity index (χ1n) is 10.1. The normalized spacial score (nSPS) is 13.3. The summed E-state index contributed by atoms with van der Waals surface area (Å²) in [6, 6.07) is 11.8. The van der Waals surface area contributed by atoms with Crippen LogP contribution in [0.15, 0.2) is 42.5 Å². The summed E-state index contributed by atoms with van der Waals surface area (Å²) in [5.74, 6) is -2.53. The van der Waals surface area contributed by atoms with Crippen LogP contribution < -0.4 is 9.47 Å². The van der Waals surface area contributed by atoms with Crippen molar-refractivity contribution in [1.29, 1.82) is 0 Å². The summed E-state index contributed by atoms with van der Waals surface area (Å²) in [5.41, 5.74) is 1.65. The van der Waals surface area contributed by atoms with E-state index >= 15 is 0 Å². The number of nitrogens with zero attached hydrogens (tertiary/aromatic N) is 3. The average molecular weight is 475 g/mol. The summed E-state index contributed by atoms with van der Waals surface area (Å²) in [4.78, 5) is 45.4. The molecule has 1 aliphatic heterocycles. The monoisotopic (exact) mass is 475 g/mol. The Hall–Kier alpha value is -4.19. The van der Waals surface area contributed by atoms with Gasteiger partial charge in [0.05, 0.1) is 19.1 Å². The van der Waals surface area contributed by atoms with Crippen molar-refractivity contribution in [3.8, 4) is 11.5 Å². The van der Waals surface area contributed by atoms with Gasteiger partial charge >= 0.3 is 11.9 Å². The smallest absolute Gasteiger partial charge is 0.414 e. The molecule has 0 aromatic heterocycles. The van der Waals surface area contributed by atoms with Crippen molar-refractivity contribution in [3.05, 3.63) is 63.7 Å². The third-order valence-corrected chi connectivity index (χ3v) is 4.99. The molecule has 1 amide bonds. The molecule has 3 rings (SSSR count). The highest BCUT2D eigenvalue weighted by molar-refractivity contribution is 6.27. The molecule has 12 heteroatoms. The largest absolute Gasteiger partial charge is 0.497 e. The number of nitro benzene ring substituents is 1. The number of benzene rings is 2. The SMILES string of the molecule is COc1cc(OC)cc(C(=O)N2CCN(Cc3ccc([N+](=O)[O-])cc3)CC2)c1.O=C(O)C(=O)O. The number of hydrogen-bond donors (Lipinski definition) is 2. The lowest BCUT2D eigenvalue weighted by Gasteiger charge is -2.34. The highest BCUT2D eigenvalue weighted by Gasteiger charge is 2.23. The molecule has 182 valence electrons. The van der Waals surface area contributed by atoms with Crippen LogP contribution in [0.25, 0.3) is 0 Å². The van der Waals surface area contributed by atoms with Crippen molar-refractivity contribution in [2.75, 3.05) is 40.4 Å². The Morgan fingerprint density at radius 2 is 1.41 bits per heavy atom. The molecule has 1 saturated heterocycles. The van der Waals surface area contributed by atoms with E-state index in [2.05, 4.69) is 4.90 Å². The first-order chi connectivity index (χ1) is 16.1. The van der Waals surface area contributed by atoms with Crippen molar-refractivity contribution in [2.45, 2.75) is 6.54 Å². The molecule has 2 N–H and O–H groups in total. The van der Waals surface area contributed by atoms with Gasteiger partial charge < -0.3 is 24.6 Å². The maximum atomic E-state index is 12.8. The summed E-state index contributed by atoms with van der Waals surface area (Å²) in [6.07, 6.45) is 0. The quantitative estimate of drug-likeness (QED) is 0.358. The van der Waals surface area contributed by atoms with Gasteiger partial charge in [0.1, 0.15) is 11.5 Å². The molecule has 0 spiro atoms. The number of carbonyl (C=O) groups excluding carboxylic acids is 1. The number of carboxylic acid groups (broad SMARTS) is 2. The number of nitro groups is 1. The summed E-state index contributed by atoms with van der Waals surface area (Å²) in [6.45, 7) is 3.41. The molecule has 1 aliphatic rings. The van der Waals surface area contributed by atoms with E-state index in [0.29, 0.717) is 36.7 Å². The number of piperazine rings is 1. The van der Waals surface area contributed by atoms with Crippen LogP contribution in [0.1, 0.15) is 15.9 Å². The number of carbonyl (C=O) groups is 3. The van der Waals surface area contributed by atoms with Crippen LogP contribution in [-0.4, -0.2) is 83.2 Å². The van der Waals surface area contributed by atoms with Crippen LogP contribution in [0.4, 0.5) is 5.69 Å². The van der Waals surface area contributed by atoms with E-state index in [1.807, 2.05) is 4.90 Å². The van der Waals surface area contributed by atoms with E-state index in [4.69, 9.17) is 29.3 Å². The Labute approximate surface area is 195 Å². The highest BCUT2D eigenvalue weighted by Crippen LogP contribution is 2.24. The number of carboxylic acids is 2. The van der Waals surface area contributed by atoms with Gasteiger partial charge in [-0.05, 0) is 17.7 Å². The summed E-state index contributed by atoms with van der Waals surface area (Å²) in [7, 11) is 3.11. The standard InChI is InChI=1S/C20H23N3O5.C2H2O4/c1-27-18-11-16(12-19(13-18)28-2)20(24)22-9-7-21(8-10-22)14-15-3-5-17(6-4-15)23(25)26;3-1(4)2(5)6/h3-6,11-13H,7-10,14H2,1-2H3;(H,3,4)(H,5,6). The zero-order valence-corrected chi connectivity index (χ0v) is 18.7. The molecule has 0 radical (unpaired) electrons. The van der Waals surface area contributed by atoms with Crippen molar-refractivity contribution in [1.82, 2.24) is 9.80 Å². The van der Waals surface area contributed by atoms with Gasteiger partial charge in [-0.2, -0.15) is 0 Å². The summed E-state index contributed by atoms with van der Waals surface area (Å²) < 4.78 is 10.5. The van der Waals surface area contributed by atoms with Crippen molar-refractivity contribution in [3.63, 3.8) is 0 Å². The number of amides is 1. The van der Waals surface area contributed by atoms with Crippen LogP contribution in [0.5, 0.6) is 11.5 Å². The van der Waals surface area contributed by atoms with Gasteiger partial charge in [0.15, 0.2) is 0 Å². The first kappa shape index (κ1) is 26.1. The third kappa shape index (κ3) is 7.45. The average Bonchev–Trinajstić information content (AvgIpc) is 2.84. The van der Waals surface area contributed by atoms with Gasteiger partial charge in [-0.1, -0.05) is 12.1 Å². The highest BCUT2D eigenvalue weighted by atomic mass is 16.6. The van der Waals surface area contributed by atoms with Gasteiger partial charge in [0.2, 0.25) is 0 Å². The number of non-ortho nitro benzene ring substituents is 1. The van der Waals surface area contributed by atoms with Crippen molar-refractivity contribution < 1.29 is 39.0 Å². The molecule has 0 atom stereocenters. The molecule has 12 nitrogen and oxygen atoms in total. The Morgan fingerprint density at radius 3 is 1.82 bits per heavy atom. The topological polar surface area (TPSA) is 160 Å². The maximum absolute atomic E-state index is 12.8. The lowest BCUT2D eigenvalue weighted by Crippen LogP contribution is -2.48. The van der Waals surface area contributed by atoms with Gasteiger partial charge in [0, 0.05) is 56.5 Å². The fourth-order valence-electron chi connectivity index (χ4n) is 3.20. The summed E-state index contributed by atoms with van der Waals surface area (Å²) in [5, 5.41) is 25.5. The molecular formula is C22H25N3O9. The van der Waals surface area contributed by atoms with Crippen molar-refractivity contribution >= 4 is 23.5 Å². The molecule has 2 aromatic carbocycles. The Bertz CT molecular complexity index is 998. The molecule has 2 aromatic rings. The summed E-state index contributed by atoms with van der Waals surface area (Å²) >= 11 is 0. The van der Waals surface area contributed by atoms with Gasteiger partial charge in [-0.15, -0.1) is 0 Å². The van der Waals surface area contributed by atoms with Crippen LogP contribution in [0, 0.1) is 10.1 Å². The molecular weight excluding hydrogens is 450 g/mol. The Morgan fingerprint density at radius 1 is 0.912 bits per heavy atom. The number of rotatable bonds is 6. The van der Waals surface area contributed by atoms with Gasteiger partial charge in [-0.25, -0.2) is 9.59 Å². The van der Waals surface area contributed by atoms with Gasteiger partial charge in [-0.3, -0.25) is 19.8 Å². The van der Waals surface area contributed by atoms with E-state index < -0.39 is 16.9 Å². The second-order valence-electron chi connectivity index (χ2n) is 7.20. The van der Waals surface area contributed by atoms with E-state index in [-0.39, 0.29) is 11.6 Å². The molecule has 0 aliphatic carbocycles. The lowest BCUT2D eigenvalue weighted by molar-refractivity contribution is -0.384. The van der Waals surface area contributed by atoms with Gasteiger partial charge in [0.25, 0.3) is 11.6 Å². The fourth-order valence-corrected chi connectivity index (χ4v) is 3.20. The van der Waals surface area contributed by atoms with E-state index in [0.717, 1.165) is 18.7 Å². The molecule has 0 saturated carbocycles. The van der Waals surface area contributed by atoms with Crippen LogP contribution >= 0.6 is 0 Å². The van der Waals surface area contributed by atoms with Crippen LogP contribution in [0.2, 0.25) is 0 Å². The number of aliphatic carboxylic acids is 2. The minimum Gasteiger partial charge on any atom is -0.497 e. The molecule has 1 fully saturated rings. The zero-order valence-electron chi connectivity index (χ0n) is 18.7. The maximum Gasteiger partial charge on any atom is 0.414 e. The fraction of sp³-hybridized carbons (Fsp3) is 0.318. The van der Waals surface area contributed by atoms with Crippen LogP contribution in [0.3, 0.4) is 0 Å². The molecule has 1 heterocycles. The second-order valence-corrected chi connectivity index (χ2v) is 7.20. The third-order valence-electron chi connectivity index (χ3n) is 4.99. The molecule has 0 bridgehead atoms. The minimum atomic E-state index is -1.82. The lowest BCUT2D eigenvalue weighted by atomic mass is 10.1. The van der Waals surface area contributed by atoms with E-state index in [1.165, 1.54) is 12.1 Å².